The number of piperazine rings is 1. The van der Waals surface area contributed by atoms with Crippen molar-refractivity contribution < 1.29 is 4.79 Å². The predicted octanol–water partition coefficient (Wildman–Crippen LogP) is 2.42. The van der Waals surface area contributed by atoms with Crippen LogP contribution >= 0.6 is 35.3 Å². The minimum Gasteiger partial charge on any atom is -0.356 e. The molecule has 0 spiro atoms. The summed E-state index contributed by atoms with van der Waals surface area (Å²) in [7, 11) is 1.81. The molecule has 2 aliphatic rings. The Labute approximate surface area is 202 Å². The van der Waals surface area contributed by atoms with Crippen LogP contribution in [0, 0.1) is 19.8 Å². The number of aryl methyl sites for hydroxylation is 2. The first-order chi connectivity index (χ1) is 14.1. The maximum absolute atomic E-state index is 12.5. The second-order valence-electron chi connectivity index (χ2n) is 8.07. The van der Waals surface area contributed by atoms with E-state index in [1.807, 2.05) is 0 Å². The maximum atomic E-state index is 12.5. The number of aromatic nitrogens is 1. The zero-order valence-electron chi connectivity index (χ0n) is 18.6. The largest absolute Gasteiger partial charge is 0.356 e. The van der Waals surface area contributed by atoms with Crippen LogP contribution in [0.1, 0.15) is 41.3 Å². The van der Waals surface area contributed by atoms with Crippen molar-refractivity contribution in [3.05, 3.63) is 15.6 Å². The van der Waals surface area contributed by atoms with Crippen LogP contribution in [0.2, 0.25) is 0 Å². The molecule has 0 atom stereocenters. The van der Waals surface area contributed by atoms with Crippen LogP contribution in [0.3, 0.4) is 0 Å². The molecule has 0 aromatic carbocycles. The summed E-state index contributed by atoms with van der Waals surface area (Å²) in [4.78, 5) is 27.2. The van der Waals surface area contributed by atoms with Crippen LogP contribution in [0.4, 0.5) is 0 Å². The highest BCUT2D eigenvalue weighted by atomic mass is 127. The van der Waals surface area contributed by atoms with E-state index >= 15 is 0 Å². The minimum atomic E-state index is 0. The number of aliphatic imine (C=N–C) groups is 1. The first-order valence-electron chi connectivity index (χ1n) is 11.0. The van der Waals surface area contributed by atoms with Crippen molar-refractivity contribution in [1.29, 1.82) is 0 Å². The number of rotatable bonds is 7. The van der Waals surface area contributed by atoms with Crippen LogP contribution in [-0.2, 0) is 11.2 Å². The van der Waals surface area contributed by atoms with Gasteiger partial charge in [-0.1, -0.05) is 12.8 Å². The van der Waals surface area contributed by atoms with Gasteiger partial charge in [0.25, 0.3) is 0 Å². The van der Waals surface area contributed by atoms with Gasteiger partial charge in [0.15, 0.2) is 5.96 Å². The van der Waals surface area contributed by atoms with Crippen molar-refractivity contribution in [1.82, 2.24) is 25.4 Å². The molecule has 9 heteroatoms. The molecule has 1 aromatic heterocycles. The third kappa shape index (κ3) is 7.33. The number of halogens is 1. The Morgan fingerprint density at radius 2 is 1.80 bits per heavy atom. The number of guanidine groups is 1. The van der Waals surface area contributed by atoms with E-state index in [1.165, 1.54) is 22.7 Å². The molecule has 2 fully saturated rings. The zero-order valence-corrected chi connectivity index (χ0v) is 21.7. The number of hydrogen-bond acceptors (Lipinski definition) is 5. The Kier molecular flexibility index (Phi) is 10.8. The van der Waals surface area contributed by atoms with Gasteiger partial charge in [0.1, 0.15) is 0 Å². The quantitative estimate of drug-likeness (QED) is 0.311. The Morgan fingerprint density at radius 1 is 1.13 bits per heavy atom. The topological polar surface area (TPSA) is 72.9 Å². The van der Waals surface area contributed by atoms with Gasteiger partial charge >= 0.3 is 0 Å². The molecule has 1 saturated carbocycles. The van der Waals surface area contributed by atoms with Crippen LogP contribution in [-0.4, -0.2) is 79.5 Å². The number of nitrogens with one attached hydrogen (secondary N) is 2. The second-order valence-corrected chi connectivity index (χ2v) is 9.36. The smallest absolute Gasteiger partial charge is 0.225 e. The monoisotopic (exact) mass is 548 g/mol. The lowest BCUT2D eigenvalue weighted by molar-refractivity contribution is -0.137. The summed E-state index contributed by atoms with van der Waals surface area (Å²) in [5.74, 6) is 1.54. The molecule has 3 rings (SSSR count). The first kappa shape index (κ1) is 25.3. The molecule has 2 N–H and O–H groups in total. The van der Waals surface area contributed by atoms with E-state index in [0.717, 1.165) is 76.7 Å². The summed E-state index contributed by atoms with van der Waals surface area (Å²) in [6.07, 6.45) is 5.55. The highest BCUT2D eigenvalue weighted by molar-refractivity contribution is 14.0. The zero-order chi connectivity index (χ0) is 20.6. The van der Waals surface area contributed by atoms with Gasteiger partial charge in [-0.15, -0.1) is 35.3 Å². The Bertz CT molecular complexity index is 676. The van der Waals surface area contributed by atoms with E-state index in [4.69, 9.17) is 0 Å². The predicted molar refractivity (Wildman–Crippen MR) is 135 cm³/mol. The van der Waals surface area contributed by atoms with Crippen molar-refractivity contribution in [2.24, 2.45) is 10.9 Å². The summed E-state index contributed by atoms with van der Waals surface area (Å²) < 4.78 is 0. The lowest BCUT2D eigenvalue weighted by Crippen LogP contribution is -2.52. The number of thiazole rings is 1. The van der Waals surface area contributed by atoms with Gasteiger partial charge in [-0.2, -0.15) is 0 Å². The number of carbonyl (C=O) groups excluding carboxylic acids is 1. The number of nitrogens with zero attached hydrogens (tertiary/aromatic N) is 4. The standard InChI is InChI=1S/C21H36N6OS.HI/c1-16-17(2)29-19(25-16)8-9-23-21(22-3)24-10-11-26-12-14-27(15-13-26)20(28)18-6-4-5-7-18;/h18H,4-15H2,1-3H3,(H2,22,23,24);1H. The van der Waals surface area contributed by atoms with Crippen molar-refractivity contribution in [3.8, 4) is 0 Å². The van der Waals surface area contributed by atoms with Crippen LogP contribution < -0.4 is 10.6 Å². The van der Waals surface area contributed by atoms with E-state index in [9.17, 15) is 4.79 Å². The highest BCUT2D eigenvalue weighted by Crippen LogP contribution is 2.26. The maximum Gasteiger partial charge on any atom is 0.225 e. The molecule has 1 aromatic rings. The van der Waals surface area contributed by atoms with Gasteiger partial charge in [-0.25, -0.2) is 4.98 Å². The highest BCUT2D eigenvalue weighted by Gasteiger charge is 2.29. The van der Waals surface area contributed by atoms with Gasteiger partial charge < -0.3 is 15.5 Å². The van der Waals surface area contributed by atoms with Crippen molar-refractivity contribution in [3.63, 3.8) is 0 Å². The molecule has 0 radical (unpaired) electrons. The molecule has 0 unspecified atom stereocenters. The molecule has 1 amide bonds. The van der Waals surface area contributed by atoms with E-state index < -0.39 is 0 Å². The molecule has 1 saturated heterocycles. The van der Waals surface area contributed by atoms with E-state index in [-0.39, 0.29) is 24.0 Å². The van der Waals surface area contributed by atoms with Crippen LogP contribution in [0.5, 0.6) is 0 Å². The molecule has 7 nitrogen and oxygen atoms in total. The molecule has 0 bridgehead atoms. The number of hydrogen-bond donors (Lipinski definition) is 2. The molecular weight excluding hydrogens is 511 g/mol. The first-order valence-corrected chi connectivity index (χ1v) is 11.8. The summed E-state index contributed by atoms with van der Waals surface area (Å²) in [6.45, 7) is 10.5. The minimum absolute atomic E-state index is 0. The lowest BCUT2D eigenvalue weighted by atomic mass is 10.1. The van der Waals surface area contributed by atoms with Crippen molar-refractivity contribution >= 4 is 47.2 Å². The fourth-order valence-corrected chi connectivity index (χ4v) is 5.04. The summed E-state index contributed by atoms with van der Waals surface area (Å²) in [5, 5.41) is 7.94. The Balaban J connectivity index is 0.00000320. The van der Waals surface area contributed by atoms with Crippen LogP contribution in [0.15, 0.2) is 4.99 Å². The van der Waals surface area contributed by atoms with Gasteiger partial charge in [0.2, 0.25) is 5.91 Å². The third-order valence-electron chi connectivity index (χ3n) is 6.04. The number of carbonyl (C=O) groups is 1. The second kappa shape index (κ2) is 12.8. The molecule has 1 aliphatic carbocycles. The Morgan fingerprint density at radius 3 is 2.40 bits per heavy atom. The molecule has 2 heterocycles. The fraction of sp³-hybridized carbons (Fsp3) is 0.762. The average Bonchev–Trinajstić information content (AvgIpc) is 3.37. The summed E-state index contributed by atoms with van der Waals surface area (Å²) in [5.41, 5.74) is 1.14. The van der Waals surface area contributed by atoms with E-state index in [2.05, 4.69) is 44.3 Å². The van der Waals surface area contributed by atoms with Gasteiger partial charge in [0, 0.05) is 70.1 Å². The van der Waals surface area contributed by atoms with Crippen LogP contribution in [0.25, 0.3) is 0 Å². The van der Waals surface area contributed by atoms with E-state index in [0.29, 0.717) is 11.8 Å². The fourth-order valence-electron chi connectivity index (χ4n) is 4.11. The lowest BCUT2D eigenvalue weighted by Gasteiger charge is -2.36. The van der Waals surface area contributed by atoms with Gasteiger partial charge in [0.05, 0.1) is 10.7 Å². The Hall–Kier alpha value is -0.940. The van der Waals surface area contributed by atoms with E-state index in [1.54, 1.807) is 18.4 Å². The van der Waals surface area contributed by atoms with Crippen molar-refractivity contribution in [2.75, 3.05) is 52.9 Å². The normalized spacial score (nSPS) is 18.4. The molecular formula is C21H37IN6OS. The SMILES string of the molecule is CN=C(NCCc1nc(C)c(C)s1)NCCN1CCN(C(=O)C2CCCC2)CC1.I. The van der Waals surface area contributed by atoms with Gasteiger partial charge in [-0.3, -0.25) is 14.7 Å². The summed E-state index contributed by atoms with van der Waals surface area (Å²) in [6, 6.07) is 0. The average molecular weight is 549 g/mol. The molecule has 1 aliphatic heterocycles. The molecule has 30 heavy (non-hydrogen) atoms. The summed E-state index contributed by atoms with van der Waals surface area (Å²) >= 11 is 1.77. The van der Waals surface area contributed by atoms with Crippen molar-refractivity contribution in [2.45, 2.75) is 46.0 Å². The number of amides is 1. The molecule has 170 valence electrons. The van der Waals surface area contributed by atoms with Gasteiger partial charge in [-0.05, 0) is 26.7 Å². The third-order valence-corrected chi connectivity index (χ3v) is 7.17.